The third kappa shape index (κ3) is 2.93. The standard InChI is InChI=1S/C13H24N2S/c1-10-8-15(9-11(2)16-10)13(14)12-6-4-3-5-7-12/h10-12,14H,3-9H2,1-2H3. The number of amidine groups is 1. The number of nitrogens with zero attached hydrogens (tertiary/aromatic N) is 1. The molecule has 0 spiro atoms. The molecule has 0 amide bonds. The van der Waals surface area contributed by atoms with Crippen LogP contribution >= 0.6 is 11.8 Å². The molecule has 2 nitrogen and oxygen atoms in total. The predicted octanol–water partition coefficient (Wildman–Crippen LogP) is 3.37. The van der Waals surface area contributed by atoms with Crippen molar-refractivity contribution in [3.63, 3.8) is 0 Å². The van der Waals surface area contributed by atoms with Crippen molar-refractivity contribution in [3.8, 4) is 0 Å². The van der Waals surface area contributed by atoms with E-state index < -0.39 is 0 Å². The molecule has 0 radical (unpaired) electrons. The van der Waals surface area contributed by atoms with E-state index in [4.69, 9.17) is 5.41 Å². The zero-order valence-corrected chi connectivity index (χ0v) is 11.4. The summed E-state index contributed by atoms with van der Waals surface area (Å²) in [6.07, 6.45) is 6.56. The third-order valence-electron chi connectivity index (χ3n) is 3.75. The normalized spacial score (nSPS) is 32.8. The van der Waals surface area contributed by atoms with Crippen molar-refractivity contribution in [3.05, 3.63) is 0 Å². The summed E-state index contributed by atoms with van der Waals surface area (Å²) in [5.74, 6) is 1.51. The average molecular weight is 240 g/mol. The van der Waals surface area contributed by atoms with Gasteiger partial charge >= 0.3 is 0 Å². The number of hydrogen-bond donors (Lipinski definition) is 1. The van der Waals surface area contributed by atoms with Gasteiger partial charge in [0.05, 0.1) is 5.84 Å². The largest absolute Gasteiger partial charge is 0.358 e. The molecule has 2 rings (SSSR count). The first-order chi connectivity index (χ1) is 7.66. The highest BCUT2D eigenvalue weighted by atomic mass is 32.2. The molecule has 0 bridgehead atoms. The van der Waals surface area contributed by atoms with Gasteiger partial charge in [-0.3, -0.25) is 5.41 Å². The van der Waals surface area contributed by atoms with Gasteiger partial charge in [-0.15, -0.1) is 0 Å². The van der Waals surface area contributed by atoms with Gasteiger partial charge in [0.15, 0.2) is 0 Å². The third-order valence-corrected chi connectivity index (χ3v) is 4.98. The van der Waals surface area contributed by atoms with E-state index in [1.165, 1.54) is 32.1 Å². The first-order valence-electron chi connectivity index (χ1n) is 6.65. The summed E-state index contributed by atoms with van der Waals surface area (Å²) in [7, 11) is 0. The monoisotopic (exact) mass is 240 g/mol. The van der Waals surface area contributed by atoms with E-state index in [0.717, 1.165) is 18.9 Å². The molecule has 1 heterocycles. The van der Waals surface area contributed by atoms with E-state index in [2.05, 4.69) is 30.5 Å². The van der Waals surface area contributed by atoms with Gasteiger partial charge in [-0.1, -0.05) is 33.1 Å². The molecule has 1 N–H and O–H groups in total. The van der Waals surface area contributed by atoms with Crippen LogP contribution in [0.5, 0.6) is 0 Å². The van der Waals surface area contributed by atoms with Gasteiger partial charge in [0, 0.05) is 29.5 Å². The van der Waals surface area contributed by atoms with Crippen molar-refractivity contribution >= 4 is 17.6 Å². The maximum Gasteiger partial charge on any atom is 0.0990 e. The molecule has 2 fully saturated rings. The van der Waals surface area contributed by atoms with E-state index in [-0.39, 0.29) is 0 Å². The number of nitrogens with one attached hydrogen (secondary N) is 1. The second-order valence-corrected chi connectivity index (χ2v) is 7.26. The Bertz CT molecular complexity index is 238. The fraction of sp³-hybridized carbons (Fsp3) is 0.923. The highest BCUT2D eigenvalue weighted by Gasteiger charge is 2.28. The second kappa shape index (κ2) is 5.44. The van der Waals surface area contributed by atoms with Crippen LogP contribution < -0.4 is 0 Å². The molecule has 3 heteroatoms. The SMILES string of the molecule is CC1CN(C(=N)C2CCCCC2)CC(C)S1. The molecule has 2 unspecified atom stereocenters. The Labute approximate surface area is 104 Å². The highest BCUT2D eigenvalue weighted by Crippen LogP contribution is 2.30. The van der Waals surface area contributed by atoms with E-state index in [0.29, 0.717) is 16.4 Å². The number of thioether (sulfide) groups is 1. The molecule has 0 aromatic rings. The molecule has 1 aliphatic carbocycles. The smallest absolute Gasteiger partial charge is 0.0990 e. The summed E-state index contributed by atoms with van der Waals surface area (Å²) in [4.78, 5) is 2.35. The molecule has 1 saturated carbocycles. The zero-order valence-electron chi connectivity index (χ0n) is 10.5. The Morgan fingerprint density at radius 1 is 1.06 bits per heavy atom. The molecule has 0 aromatic carbocycles. The molecule has 2 atom stereocenters. The van der Waals surface area contributed by atoms with Gasteiger partial charge in [-0.25, -0.2) is 0 Å². The summed E-state index contributed by atoms with van der Waals surface area (Å²) in [6.45, 7) is 6.76. The first kappa shape index (κ1) is 12.3. The Hall–Kier alpha value is -0.180. The maximum absolute atomic E-state index is 8.37. The van der Waals surface area contributed by atoms with Gasteiger partial charge in [0.25, 0.3) is 0 Å². The number of hydrogen-bond acceptors (Lipinski definition) is 2. The summed E-state index contributed by atoms with van der Waals surface area (Å²) in [5, 5.41) is 9.75. The summed E-state index contributed by atoms with van der Waals surface area (Å²) in [5.41, 5.74) is 0. The molecular formula is C13H24N2S. The minimum atomic E-state index is 0.566. The Balaban J connectivity index is 1.92. The van der Waals surface area contributed by atoms with Crippen LogP contribution in [0.3, 0.4) is 0 Å². The summed E-state index contributed by atoms with van der Waals surface area (Å²) < 4.78 is 0. The van der Waals surface area contributed by atoms with Gasteiger partial charge in [-0.05, 0) is 12.8 Å². The minimum absolute atomic E-state index is 0.566. The lowest BCUT2D eigenvalue weighted by Crippen LogP contribution is -2.46. The molecular weight excluding hydrogens is 216 g/mol. The summed E-state index contributed by atoms with van der Waals surface area (Å²) >= 11 is 2.07. The zero-order chi connectivity index (χ0) is 11.5. The van der Waals surface area contributed by atoms with Crippen molar-refractivity contribution in [1.29, 1.82) is 5.41 Å². The van der Waals surface area contributed by atoms with Crippen molar-refractivity contribution < 1.29 is 0 Å². The lowest BCUT2D eigenvalue weighted by molar-refractivity contribution is 0.348. The van der Waals surface area contributed by atoms with Gasteiger partial charge in [0.1, 0.15) is 0 Å². The lowest BCUT2D eigenvalue weighted by Gasteiger charge is -2.39. The number of rotatable bonds is 1. The van der Waals surface area contributed by atoms with Crippen molar-refractivity contribution in [2.75, 3.05) is 13.1 Å². The van der Waals surface area contributed by atoms with Gasteiger partial charge in [-0.2, -0.15) is 11.8 Å². The van der Waals surface area contributed by atoms with E-state index in [1.807, 2.05) is 0 Å². The molecule has 16 heavy (non-hydrogen) atoms. The Morgan fingerprint density at radius 2 is 1.62 bits per heavy atom. The van der Waals surface area contributed by atoms with Crippen LogP contribution in [0.15, 0.2) is 0 Å². The van der Waals surface area contributed by atoms with Crippen LogP contribution in [-0.4, -0.2) is 34.3 Å². The Kier molecular flexibility index (Phi) is 4.17. The minimum Gasteiger partial charge on any atom is -0.358 e. The van der Waals surface area contributed by atoms with E-state index in [9.17, 15) is 0 Å². The van der Waals surface area contributed by atoms with Crippen LogP contribution in [0.4, 0.5) is 0 Å². The second-order valence-electron chi connectivity index (χ2n) is 5.38. The fourth-order valence-corrected chi connectivity index (χ4v) is 4.33. The molecule has 0 aromatic heterocycles. The van der Waals surface area contributed by atoms with Crippen LogP contribution in [0, 0.1) is 11.3 Å². The Morgan fingerprint density at radius 3 is 2.19 bits per heavy atom. The lowest BCUT2D eigenvalue weighted by atomic mass is 9.88. The summed E-state index contributed by atoms with van der Waals surface area (Å²) in [6, 6.07) is 0. The fourth-order valence-electron chi connectivity index (χ4n) is 3.01. The first-order valence-corrected chi connectivity index (χ1v) is 7.60. The quantitative estimate of drug-likeness (QED) is 0.562. The molecule has 92 valence electrons. The topological polar surface area (TPSA) is 27.1 Å². The van der Waals surface area contributed by atoms with E-state index >= 15 is 0 Å². The van der Waals surface area contributed by atoms with Crippen LogP contribution in [0.25, 0.3) is 0 Å². The molecule has 1 saturated heterocycles. The van der Waals surface area contributed by atoms with Crippen LogP contribution in [0.2, 0.25) is 0 Å². The molecule has 2 aliphatic rings. The van der Waals surface area contributed by atoms with Crippen molar-refractivity contribution in [2.24, 2.45) is 5.92 Å². The van der Waals surface area contributed by atoms with Crippen molar-refractivity contribution in [1.82, 2.24) is 4.90 Å². The molecule has 1 aliphatic heterocycles. The highest BCUT2D eigenvalue weighted by molar-refractivity contribution is 8.00. The van der Waals surface area contributed by atoms with Crippen molar-refractivity contribution in [2.45, 2.75) is 56.5 Å². The van der Waals surface area contributed by atoms with Gasteiger partial charge < -0.3 is 4.90 Å². The maximum atomic E-state index is 8.37. The van der Waals surface area contributed by atoms with E-state index in [1.54, 1.807) is 0 Å². The van der Waals surface area contributed by atoms with Crippen LogP contribution in [-0.2, 0) is 0 Å². The van der Waals surface area contributed by atoms with Gasteiger partial charge in [0.2, 0.25) is 0 Å². The predicted molar refractivity (Wildman–Crippen MR) is 72.4 cm³/mol. The average Bonchev–Trinajstić information content (AvgIpc) is 2.28. The van der Waals surface area contributed by atoms with Crippen LogP contribution in [0.1, 0.15) is 46.0 Å².